The maximum absolute atomic E-state index is 11.7. The van der Waals surface area contributed by atoms with Gasteiger partial charge in [0.2, 0.25) is 5.91 Å². The zero-order valence-corrected chi connectivity index (χ0v) is 14.7. The van der Waals surface area contributed by atoms with E-state index in [2.05, 4.69) is 20.0 Å². The molecular formula is C16H22N6O4. The third-order valence-electron chi connectivity index (χ3n) is 4.31. The first kappa shape index (κ1) is 18.1. The van der Waals surface area contributed by atoms with E-state index in [1.807, 2.05) is 4.68 Å². The first-order valence-electron chi connectivity index (χ1n) is 8.31. The number of hydrogen-bond donors (Lipinski definition) is 3. The van der Waals surface area contributed by atoms with Crippen molar-refractivity contribution in [3.05, 3.63) is 50.1 Å². The van der Waals surface area contributed by atoms with E-state index >= 15 is 0 Å². The van der Waals surface area contributed by atoms with Gasteiger partial charge in [0, 0.05) is 45.5 Å². The second kappa shape index (κ2) is 7.26. The number of nitrogens with one attached hydrogen (secondary N) is 2. The molecule has 3 heterocycles. The summed E-state index contributed by atoms with van der Waals surface area (Å²) in [5, 5.41) is 14.6. The summed E-state index contributed by atoms with van der Waals surface area (Å²) >= 11 is 0. The highest BCUT2D eigenvalue weighted by atomic mass is 16.3. The van der Waals surface area contributed by atoms with Gasteiger partial charge in [-0.3, -0.25) is 24.2 Å². The number of rotatable bonds is 5. The van der Waals surface area contributed by atoms with Gasteiger partial charge in [0.15, 0.2) is 0 Å². The van der Waals surface area contributed by atoms with E-state index in [0.29, 0.717) is 37.6 Å². The normalized spacial score (nSPS) is 15.5. The van der Waals surface area contributed by atoms with Gasteiger partial charge in [-0.25, -0.2) is 4.79 Å². The van der Waals surface area contributed by atoms with Crippen LogP contribution < -0.4 is 11.2 Å². The molecule has 3 rings (SSSR count). The van der Waals surface area contributed by atoms with Crippen LogP contribution in [0.3, 0.4) is 0 Å². The van der Waals surface area contributed by atoms with Gasteiger partial charge in [-0.1, -0.05) is 0 Å². The van der Waals surface area contributed by atoms with Gasteiger partial charge in [-0.15, -0.1) is 0 Å². The van der Waals surface area contributed by atoms with Crippen molar-refractivity contribution in [2.75, 3.05) is 20.6 Å². The van der Waals surface area contributed by atoms with E-state index in [9.17, 15) is 19.5 Å². The molecule has 2 aromatic rings. The monoisotopic (exact) mass is 362 g/mol. The number of carbonyl (C=O) groups is 1. The second-order valence-electron chi connectivity index (χ2n) is 6.62. The molecule has 10 nitrogen and oxygen atoms in total. The Hall–Kier alpha value is -2.72. The molecule has 1 amide bonds. The van der Waals surface area contributed by atoms with E-state index < -0.39 is 17.4 Å². The fourth-order valence-corrected chi connectivity index (χ4v) is 2.94. The summed E-state index contributed by atoms with van der Waals surface area (Å²) in [5.74, 6) is -0.164. The Bertz CT molecular complexity index is 884. The molecule has 0 spiro atoms. The number of amides is 1. The Balaban J connectivity index is 1.69. The Kier molecular flexibility index (Phi) is 5.05. The third kappa shape index (κ3) is 4.09. The van der Waals surface area contributed by atoms with Gasteiger partial charge in [0.05, 0.1) is 24.4 Å². The van der Waals surface area contributed by atoms with Crippen LogP contribution in [0.1, 0.15) is 29.6 Å². The van der Waals surface area contributed by atoms with Gasteiger partial charge in [0.25, 0.3) is 5.56 Å². The minimum absolute atomic E-state index is 0.0127. The minimum atomic E-state index is -0.944. The average Bonchev–Trinajstić information content (AvgIpc) is 2.97. The summed E-state index contributed by atoms with van der Waals surface area (Å²) in [5.41, 5.74) is 0.979. The highest BCUT2D eigenvalue weighted by Crippen LogP contribution is 2.21. The first-order chi connectivity index (χ1) is 12.3. The van der Waals surface area contributed by atoms with Crippen LogP contribution in [0.4, 0.5) is 0 Å². The number of aromatic amines is 2. The molecule has 0 aromatic carbocycles. The lowest BCUT2D eigenvalue weighted by Crippen LogP contribution is -2.35. The molecule has 1 aliphatic heterocycles. The van der Waals surface area contributed by atoms with Gasteiger partial charge in [-0.2, -0.15) is 5.10 Å². The van der Waals surface area contributed by atoms with Crippen molar-refractivity contribution >= 4 is 5.91 Å². The Labute approximate surface area is 149 Å². The number of H-pyrrole nitrogens is 2. The maximum atomic E-state index is 11.7. The lowest BCUT2D eigenvalue weighted by molar-refractivity contribution is -0.130. The molecule has 0 saturated carbocycles. The summed E-state index contributed by atoms with van der Waals surface area (Å²) in [6.07, 6.45) is -0.957. The fraction of sp³-hybridized carbons (Fsp3) is 0.500. The number of nitrogens with zero attached hydrogens (tertiary/aromatic N) is 4. The lowest BCUT2D eigenvalue weighted by Gasteiger charge is -2.27. The number of hydrogen-bond acceptors (Lipinski definition) is 6. The van der Waals surface area contributed by atoms with Crippen LogP contribution in [0.5, 0.6) is 0 Å². The van der Waals surface area contributed by atoms with Crippen molar-refractivity contribution in [3.63, 3.8) is 0 Å². The number of aromatic nitrogens is 4. The zero-order chi connectivity index (χ0) is 18.8. The van der Waals surface area contributed by atoms with E-state index in [0.717, 1.165) is 5.69 Å². The molecular weight excluding hydrogens is 340 g/mol. The summed E-state index contributed by atoms with van der Waals surface area (Å²) in [6.45, 7) is 2.31. The predicted molar refractivity (Wildman–Crippen MR) is 92.3 cm³/mol. The van der Waals surface area contributed by atoms with Gasteiger partial charge in [0.1, 0.15) is 6.10 Å². The van der Waals surface area contributed by atoms with E-state index in [1.54, 1.807) is 20.2 Å². The Morgan fingerprint density at radius 3 is 2.77 bits per heavy atom. The molecule has 0 fully saturated rings. The molecule has 0 aliphatic carbocycles. The van der Waals surface area contributed by atoms with E-state index in [4.69, 9.17) is 0 Å². The highest BCUT2D eigenvalue weighted by Gasteiger charge is 2.23. The van der Waals surface area contributed by atoms with Crippen LogP contribution in [0.2, 0.25) is 0 Å². The third-order valence-corrected chi connectivity index (χ3v) is 4.31. The second-order valence-corrected chi connectivity index (χ2v) is 6.62. The average molecular weight is 362 g/mol. The molecule has 1 atom stereocenters. The Morgan fingerprint density at radius 1 is 1.31 bits per heavy atom. The lowest BCUT2D eigenvalue weighted by atomic mass is 10.1. The number of carbonyl (C=O) groups excluding carboxylic acids is 1. The van der Waals surface area contributed by atoms with Gasteiger partial charge >= 0.3 is 5.69 Å². The first-order valence-corrected chi connectivity index (χ1v) is 8.31. The zero-order valence-electron chi connectivity index (χ0n) is 14.7. The molecule has 0 bridgehead atoms. The van der Waals surface area contributed by atoms with Crippen LogP contribution in [-0.4, -0.2) is 61.2 Å². The fourth-order valence-electron chi connectivity index (χ4n) is 2.94. The van der Waals surface area contributed by atoms with E-state index in [1.165, 1.54) is 11.0 Å². The largest absolute Gasteiger partial charge is 0.386 e. The number of fused-ring (bicyclic) bond motifs is 1. The van der Waals surface area contributed by atoms with Crippen LogP contribution >= 0.6 is 0 Å². The standard InChI is InChI=1S/C16H22N6O4/c1-20(2)15(25)7-13(23)12-6-11-9-21(3-4-22(11)19-12)8-10-5-14(24)18-16(26)17-10/h5-6,13,23H,3-4,7-9H2,1-2H3,(H2,17,18,24,26). The molecule has 10 heteroatoms. The quantitative estimate of drug-likeness (QED) is 0.612. The van der Waals surface area contributed by atoms with Crippen LogP contribution in [0.15, 0.2) is 21.7 Å². The SMILES string of the molecule is CN(C)C(=O)CC(O)c1cc2n(n1)CCN(Cc1cc(=O)[nH]c(=O)[nH]1)C2. The summed E-state index contributed by atoms with van der Waals surface area (Å²) < 4.78 is 1.82. The van der Waals surface area contributed by atoms with Crippen molar-refractivity contribution in [1.82, 2.24) is 29.5 Å². The van der Waals surface area contributed by atoms with E-state index in [-0.39, 0.29) is 12.3 Å². The molecule has 2 aromatic heterocycles. The molecule has 140 valence electrons. The maximum Gasteiger partial charge on any atom is 0.325 e. The van der Waals surface area contributed by atoms with Crippen LogP contribution in [0.25, 0.3) is 0 Å². The minimum Gasteiger partial charge on any atom is -0.386 e. The van der Waals surface area contributed by atoms with Gasteiger partial charge < -0.3 is 15.0 Å². The van der Waals surface area contributed by atoms with Crippen LogP contribution in [-0.2, 0) is 24.4 Å². The topological polar surface area (TPSA) is 127 Å². The molecule has 26 heavy (non-hydrogen) atoms. The Morgan fingerprint density at radius 2 is 2.08 bits per heavy atom. The van der Waals surface area contributed by atoms with Gasteiger partial charge in [-0.05, 0) is 6.07 Å². The van der Waals surface area contributed by atoms with Crippen molar-refractivity contribution in [2.24, 2.45) is 0 Å². The predicted octanol–water partition coefficient (Wildman–Crippen LogP) is -1.21. The summed E-state index contributed by atoms with van der Waals surface area (Å²) in [4.78, 5) is 42.8. The number of aliphatic hydroxyl groups excluding tert-OH is 1. The molecule has 0 saturated heterocycles. The molecule has 0 radical (unpaired) electrons. The van der Waals surface area contributed by atoms with Crippen LogP contribution in [0, 0.1) is 0 Å². The summed E-state index contributed by atoms with van der Waals surface area (Å²) in [6, 6.07) is 3.16. The molecule has 1 unspecified atom stereocenters. The molecule has 1 aliphatic rings. The molecule has 3 N–H and O–H groups in total. The van der Waals surface area contributed by atoms with Crippen molar-refractivity contribution < 1.29 is 9.90 Å². The number of aliphatic hydroxyl groups is 1. The van der Waals surface area contributed by atoms with Crippen molar-refractivity contribution in [3.8, 4) is 0 Å². The van der Waals surface area contributed by atoms with Crippen molar-refractivity contribution in [2.45, 2.75) is 32.2 Å². The highest BCUT2D eigenvalue weighted by molar-refractivity contribution is 5.76. The smallest absolute Gasteiger partial charge is 0.325 e. The summed E-state index contributed by atoms with van der Waals surface area (Å²) in [7, 11) is 3.29. The van der Waals surface area contributed by atoms with Crippen molar-refractivity contribution in [1.29, 1.82) is 0 Å².